The van der Waals surface area contributed by atoms with Crippen molar-refractivity contribution in [1.29, 1.82) is 0 Å². The quantitative estimate of drug-likeness (QED) is 0.578. The molecular formula is C13H12N4O5. The van der Waals surface area contributed by atoms with Gasteiger partial charge in [-0.15, -0.1) is 5.11 Å². The normalized spacial score (nSPS) is 10.8. The zero-order valence-electron chi connectivity index (χ0n) is 11.5. The number of hydrogen-bond donors (Lipinski definition) is 3. The van der Waals surface area contributed by atoms with Crippen LogP contribution in [0.2, 0.25) is 0 Å². The van der Waals surface area contributed by atoms with Crippen LogP contribution >= 0.6 is 0 Å². The van der Waals surface area contributed by atoms with Crippen LogP contribution in [0.5, 0.6) is 5.88 Å². The predicted molar refractivity (Wildman–Crippen MR) is 75.9 cm³/mol. The summed E-state index contributed by atoms with van der Waals surface area (Å²) < 4.78 is 4.85. The van der Waals surface area contributed by atoms with Crippen LogP contribution in [0.15, 0.2) is 44.1 Å². The number of aromatic nitrogens is 2. The van der Waals surface area contributed by atoms with Gasteiger partial charge in [-0.05, 0) is 25.1 Å². The number of aromatic hydroxyl groups is 1. The summed E-state index contributed by atoms with van der Waals surface area (Å²) in [5, 5.41) is 16.8. The lowest BCUT2D eigenvalue weighted by Gasteiger charge is -2.01. The molecule has 0 spiro atoms. The second kappa shape index (κ2) is 6.48. The number of hydrogen-bond acceptors (Lipinski definition) is 7. The Morgan fingerprint density at radius 2 is 2.05 bits per heavy atom. The maximum Gasteiger partial charge on any atom is 0.338 e. The summed E-state index contributed by atoms with van der Waals surface area (Å²) in [6.45, 7) is 1.93. The Bertz CT molecular complexity index is 837. The van der Waals surface area contributed by atoms with E-state index in [2.05, 4.69) is 10.2 Å². The standard InChI is InChI=1S/C13H12N4O5/c1-2-22-12(20)7-4-3-5-8(6-7)16-17-9-10(18)14-13(21)15-11(9)19/h3-6H,2H2,1H3,(H3,14,15,18,19,21). The van der Waals surface area contributed by atoms with Gasteiger partial charge in [-0.25, -0.2) is 9.59 Å². The minimum atomic E-state index is -0.883. The first-order chi connectivity index (χ1) is 10.5. The minimum absolute atomic E-state index is 0.241. The van der Waals surface area contributed by atoms with Crippen molar-refractivity contribution < 1.29 is 14.6 Å². The first kappa shape index (κ1) is 15.2. The highest BCUT2D eigenvalue weighted by Gasteiger charge is 2.09. The lowest BCUT2D eigenvalue weighted by Crippen LogP contribution is -2.20. The van der Waals surface area contributed by atoms with Crippen molar-refractivity contribution in [2.24, 2.45) is 10.2 Å². The monoisotopic (exact) mass is 304 g/mol. The molecule has 0 atom stereocenters. The molecule has 0 unspecified atom stereocenters. The number of esters is 1. The van der Waals surface area contributed by atoms with Crippen molar-refractivity contribution in [1.82, 2.24) is 9.97 Å². The summed E-state index contributed by atoms with van der Waals surface area (Å²) in [4.78, 5) is 37.9. The van der Waals surface area contributed by atoms with E-state index >= 15 is 0 Å². The van der Waals surface area contributed by atoms with Gasteiger partial charge in [0.15, 0.2) is 0 Å². The third-order valence-electron chi connectivity index (χ3n) is 2.52. The van der Waals surface area contributed by atoms with E-state index in [0.29, 0.717) is 0 Å². The van der Waals surface area contributed by atoms with Gasteiger partial charge in [0.1, 0.15) is 0 Å². The van der Waals surface area contributed by atoms with Crippen molar-refractivity contribution in [3.05, 3.63) is 50.7 Å². The van der Waals surface area contributed by atoms with Crippen molar-refractivity contribution >= 4 is 17.3 Å². The van der Waals surface area contributed by atoms with E-state index in [0.717, 1.165) is 0 Å². The number of azo groups is 1. The molecule has 1 heterocycles. The zero-order valence-corrected chi connectivity index (χ0v) is 11.5. The number of nitrogens with one attached hydrogen (secondary N) is 2. The number of aromatic amines is 2. The van der Waals surface area contributed by atoms with Crippen molar-refractivity contribution in [3.8, 4) is 5.88 Å². The molecule has 0 amide bonds. The van der Waals surface area contributed by atoms with Crippen molar-refractivity contribution in [2.75, 3.05) is 6.61 Å². The number of benzene rings is 1. The van der Waals surface area contributed by atoms with Gasteiger partial charge in [-0.2, -0.15) is 5.11 Å². The predicted octanol–water partition coefficient (Wildman–Crippen LogP) is 1.36. The molecule has 114 valence electrons. The Hall–Kier alpha value is -3.23. The summed E-state index contributed by atoms with van der Waals surface area (Å²) >= 11 is 0. The van der Waals surface area contributed by atoms with Crippen LogP contribution in [-0.4, -0.2) is 27.7 Å². The average molecular weight is 304 g/mol. The molecular weight excluding hydrogens is 292 g/mol. The SMILES string of the molecule is CCOC(=O)c1cccc(N=Nc2c(O)[nH]c(=O)[nH]c2=O)c1. The second-order valence-corrected chi connectivity index (χ2v) is 4.08. The topological polar surface area (TPSA) is 137 Å². The van der Waals surface area contributed by atoms with Crippen LogP contribution in [0.1, 0.15) is 17.3 Å². The van der Waals surface area contributed by atoms with Gasteiger partial charge in [0.2, 0.25) is 11.6 Å². The van der Waals surface area contributed by atoms with Crippen molar-refractivity contribution in [3.63, 3.8) is 0 Å². The molecule has 1 aromatic carbocycles. The van der Waals surface area contributed by atoms with Crippen LogP contribution in [0.3, 0.4) is 0 Å². The lowest BCUT2D eigenvalue weighted by atomic mass is 10.2. The molecule has 1 aromatic heterocycles. The van der Waals surface area contributed by atoms with Crippen LogP contribution in [0.4, 0.5) is 11.4 Å². The Morgan fingerprint density at radius 1 is 1.27 bits per heavy atom. The Labute approximate surface area is 123 Å². The van der Waals surface area contributed by atoms with Gasteiger partial charge in [0.05, 0.1) is 17.9 Å². The van der Waals surface area contributed by atoms with E-state index in [1.165, 1.54) is 6.07 Å². The zero-order chi connectivity index (χ0) is 16.1. The maximum atomic E-state index is 11.6. The first-order valence-corrected chi connectivity index (χ1v) is 6.25. The van der Waals surface area contributed by atoms with Crippen LogP contribution < -0.4 is 11.2 Å². The van der Waals surface area contributed by atoms with E-state index in [4.69, 9.17) is 4.74 Å². The van der Waals surface area contributed by atoms with Crippen molar-refractivity contribution in [2.45, 2.75) is 6.92 Å². The molecule has 3 N–H and O–H groups in total. The average Bonchev–Trinajstić information content (AvgIpc) is 2.46. The number of H-pyrrole nitrogens is 2. The summed E-state index contributed by atoms with van der Waals surface area (Å²) in [5.74, 6) is -1.21. The number of ether oxygens (including phenoxy) is 1. The third-order valence-corrected chi connectivity index (χ3v) is 2.52. The first-order valence-electron chi connectivity index (χ1n) is 6.25. The third kappa shape index (κ3) is 3.45. The largest absolute Gasteiger partial charge is 0.493 e. The molecule has 0 radical (unpaired) electrons. The van der Waals surface area contributed by atoms with E-state index in [9.17, 15) is 19.5 Å². The summed E-state index contributed by atoms with van der Waals surface area (Å²) in [6, 6.07) is 6.07. The molecule has 0 bridgehead atoms. The Morgan fingerprint density at radius 3 is 2.73 bits per heavy atom. The van der Waals surface area contributed by atoms with Gasteiger partial charge in [-0.1, -0.05) is 6.07 Å². The van der Waals surface area contributed by atoms with Gasteiger partial charge in [0.25, 0.3) is 5.56 Å². The molecule has 0 saturated carbocycles. The van der Waals surface area contributed by atoms with Gasteiger partial charge in [-0.3, -0.25) is 14.8 Å². The summed E-state index contributed by atoms with van der Waals surface area (Å²) in [6.07, 6.45) is 0. The van der Waals surface area contributed by atoms with E-state index in [1.54, 1.807) is 25.1 Å². The summed E-state index contributed by atoms with van der Waals surface area (Å²) in [5.41, 5.74) is -1.63. The fraction of sp³-hybridized carbons (Fsp3) is 0.154. The molecule has 9 nitrogen and oxygen atoms in total. The molecule has 2 aromatic rings. The summed E-state index contributed by atoms with van der Waals surface area (Å²) in [7, 11) is 0. The molecule has 0 aliphatic rings. The maximum absolute atomic E-state index is 11.6. The van der Waals surface area contributed by atoms with Crippen LogP contribution in [0, 0.1) is 0 Å². The van der Waals surface area contributed by atoms with E-state index in [-0.39, 0.29) is 17.9 Å². The van der Waals surface area contributed by atoms with Crippen LogP contribution in [0.25, 0.3) is 0 Å². The van der Waals surface area contributed by atoms with E-state index < -0.39 is 28.8 Å². The number of carbonyl (C=O) groups excluding carboxylic acids is 1. The minimum Gasteiger partial charge on any atom is -0.493 e. The lowest BCUT2D eigenvalue weighted by molar-refractivity contribution is 0.0526. The second-order valence-electron chi connectivity index (χ2n) is 4.08. The molecule has 22 heavy (non-hydrogen) atoms. The number of rotatable bonds is 4. The smallest absolute Gasteiger partial charge is 0.338 e. The molecule has 0 aliphatic carbocycles. The van der Waals surface area contributed by atoms with E-state index in [1.807, 2.05) is 9.97 Å². The number of nitrogens with zero attached hydrogens (tertiary/aromatic N) is 2. The molecule has 0 fully saturated rings. The highest BCUT2D eigenvalue weighted by atomic mass is 16.5. The Kier molecular flexibility index (Phi) is 4.47. The van der Waals surface area contributed by atoms with Gasteiger partial charge >= 0.3 is 11.7 Å². The highest BCUT2D eigenvalue weighted by molar-refractivity contribution is 5.90. The fourth-order valence-corrected chi connectivity index (χ4v) is 1.58. The van der Waals surface area contributed by atoms with Gasteiger partial charge in [0, 0.05) is 0 Å². The fourth-order valence-electron chi connectivity index (χ4n) is 1.58. The molecule has 0 aliphatic heterocycles. The highest BCUT2D eigenvalue weighted by Crippen LogP contribution is 2.21. The number of carbonyl (C=O) groups is 1. The molecule has 9 heteroatoms. The molecule has 2 rings (SSSR count). The molecule has 0 saturated heterocycles. The Balaban J connectivity index is 2.32. The van der Waals surface area contributed by atoms with Crippen LogP contribution in [-0.2, 0) is 4.74 Å². The van der Waals surface area contributed by atoms with Gasteiger partial charge < -0.3 is 9.84 Å².